The van der Waals surface area contributed by atoms with Gasteiger partial charge in [-0.15, -0.1) is 0 Å². The van der Waals surface area contributed by atoms with Crippen molar-refractivity contribution in [2.24, 2.45) is 0 Å². The standard InChI is InChI=1S/C21H24N4O5S/c1-14-7-5-9-17(11-14)25(31(4,27)28)15(2)21(26)22-13-19-23-20(24-30-19)16-8-6-10-18(12-16)29-3/h5-12,15H,13H2,1-4H3,(H,22,26). The molecule has 1 aromatic heterocycles. The summed E-state index contributed by atoms with van der Waals surface area (Å²) in [7, 11) is -2.13. The second-order valence-electron chi connectivity index (χ2n) is 7.04. The van der Waals surface area contributed by atoms with Crippen LogP contribution in [0.5, 0.6) is 5.75 Å². The first-order valence-corrected chi connectivity index (χ1v) is 11.3. The molecule has 3 rings (SSSR count). The minimum absolute atomic E-state index is 0.0361. The molecule has 1 N–H and O–H groups in total. The van der Waals surface area contributed by atoms with E-state index >= 15 is 0 Å². The average Bonchev–Trinajstić information content (AvgIpc) is 3.20. The van der Waals surface area contributed by atoms with Crippen LogP contribution in [0.2, 0.25) is 0 Å². The normalized spacial score (nSPS) is 12.3. The van der Waals surface area contributed by atoms with Gasteiger partial charge in [0, 0.05) is 5.56 Å². The van der Waals surface area contributed by atoms with Crippen LogP contribution < -0.4 is 14.4 Å². The fourth-order valence-corrected chi connectivity index (χ4v) is 4.26. The number of amides is 1. The number of nitrogens with one attached hydrogen (secondary N) is 1. The summed E-state index contributed by atoms with van der Waals surface area (Å²) >= 11 is 0. The molecule has 0 aliphatic heterocycles. The molecule has 1 heterocycles. The lowest BCUT2D eigenvalue weighted by Gasteiger charge is -2.28. The van der Waals surface area contributed by atoms with E-state index in [0.29, 0.717) is 22.8 Å². The lowest BCUT2D eigenvalue weighted by Crippen LogP contribution is -2.47. The number of ether oxygens (including phenoxy) is 1. The van der Waals surface area contributed by atoms with Crippen LogP contribution in [0.3, 0.4) is 0 Å². The number of aromatic nitrogens is 2. The molecular formula is C21H24N4O5S. The van der Waals surface area contributed by atoms with Gasteiger partial charge in [-0.05, 0) is 43.7 Å². The number of methoxy groups -OCH3 is 1. The molecule has 1 unspecified atom stereocenters. The number of carbonyl (C=O) groups excluding carboxylic acids is 1. The van der Waals surface area contributed by atoms with Gasteiger partial charge >= 0.3 is 0 Å². The first kappa shape index (κ1) is 22.3. The van der Waals surface area contributed by atoms with Crippen molar-refractivity contribution in [3.63, 3.8) is 0 Å². The number of rotatable bonds is 8. The summed E-state index contributed by atoms with van der Waals surface area (Å²) in [6.45, 7) is 3.34. The SMILES string of the molecule is COc1cccc(-c2noc(CNC(=O)C(C)N(c3cccc(C)c3)S(C)(=O)=O)n2)c1. The fourth-order valence-electron chi connectivity index (χ4n) is 3.09. The zero-order chi connectivity index (χ0) is 22.6. The van der Waals surface area contributed by atoms with Gasteiger partial charge in [-0.25, -0.2) is 8.42 Å². The highest BCUT2D eigenvalue weighted by atomic mass is 32.2. The molecule has 2 aromatic carbocycles. The Morgan fingerprint density at radius 1 is 1.23 bits per heavy atom. The topological polar surface area (TPSA) is 115 Å². The van der Waals surface area contributed by atoms with Gasteiger partial charge in [-0.2, -0.15) is 4.98 Å². The largest absolute Gasteiger partial charge is 0.497 e. The summed E-state index contributed by atoms with van der Waals surface area (Å²) in [4.78, 5) is 17.0. The molecule has 3 aromatic rings. The van der Waals surface area contributed by atoms with Crippen molar-refractivity contribution in [2.75, 3.05) is 17.7 Å². The van der Waals surface area contributed by atoms with Gasteiger partial charge in [0.1, 0.15) is 11.8 Å². The number of nitrogens with zero attached hydrogens (tertiary/aromatic N) is 3. The maximum atomic E-state index is 12.7. The van der Waals surface area contributed by atoms with Gasteiger partial charge in [0.15, 0.2) is 0 Å². The molecule has 10 heteroatoms. The van der Waals surface area contributed by atoms with E-state index < -0.39 is 22.0 Å². The van der Waals surface area contributed by atoms with Crippen molar-refractivity contribution in [1.29, 1.82) is 0 Å². The van der Waals surface area contributed by atoms with E-state index in [9.17, 15) is 13.2 Å². The van der Waals surface area contributed by atoms with E-state index in [4.69, 9.17) is 9.26 Å². The molecule has 0 bridgehead atoms. The molecule has 1 amide bonds. The number of anilines is 1. The summed E-state index contributed by atoms with van der Waals surface area (Å²) in [5, 5.41) is 6.57. The molecule has 0 spiro atoms. The van der Waals surface area contributed by atoms with Crippen LogP contribution in [0.4, 0.5) is 5.69 Å². The molecule has 0 aliphatic carbocycles. The number of aryl methyl sites for hydroxylation is 1. The van der Waals surface area contributed by atoms with Gasteiger partial charge in [0.2, 0.25) is 27.6 Å². The van der Waals surface area contributed by atoms with E-state index in [-0.39, 0.29) is 12.4 Å². The van der Waals surface area contributed by atoms with Crippen molar-refractivity contribution >= 4 is 21.6 Å². The summed E-state index contributed by atoms with van der Waals surface area (Å²) in [6, 6.07) is 13.2. The van der Waals surface area contributed by atoms with Crippen LogP contribution in [-0.4, -0.2) is 43.9 Å². The highest BCUT2D eigenvalue weighted by Crippen LogP contribution is 2.23. The minimum atomic E-state index is -3.69. The van der Waals surface area contributed by atoms with Crippen molar-refractivity contribution in [1.82, 2.24) is 15.5 Å². The molecule has 9 nitrogen and oxygen atoms in total. The number of hydrogen-bond donors (Lipinski definition) is 1. The van der Waals surface area contributed by atoms with Crippen molar-refractivity contribution < 1.29 is 22.5 Å². The predicted octanol–water partition coefficient (Wildman–Crippen LogP) is 2.52. The third-order valence-electron chi connectivity index (χ3n) is 4.55. The monoisotopic (exact) mass is 444 g/mol. The quantitative estimate of drug-likeness (QED) is 0.568. The Labute approximate surface area is 181 Å². The second-order valence-corrected chi connectivity index (χ2v) is 8.89. The van der Waals surface area contributed by atoms with Crippen LogP contribution in [-0.2, 0) is 21.4 Å². The van der Waals surface area contributed by atoms with Gasteiger partial charge in [-0.1, -0.05) is 29.4 Å². The Bertz CT molecular complexity index is 1180. The average molecular weight is 445 g/mol. The zero-order valence-corrected chi connectivity index (χ0v) is 18.5. The Balaban J connectivity index is 1.71. The highest BCUT2D eigenvalue weighted by molar-refractivity contribution is 7.92. The molecular weight excluding hydrogens is 420 g/mol. The Kier molecular flexibility index (Phi) is 6.59. The van der Waals surface area contributed by atoms with Gasteiger partial charge in [-0.3, -0.25) is 9.10 Å². The Hall–Kier alpha value is -3.40. The van der Waals surface area contributed by atoms with Crippen LogP contribution >= 0.6 is 0 Å². The number of hydrogen-bond acceptors (Lipinski definition) is 7. The van der Waals surface area contributed by atoms with Gasteiger partial charge in [0.25, 0.3) is 0 Å². The van der Waals surface area contributed by atoms with Crippen LogP contribution in [0.25, 0.3) is 11.4 Å². The summed E-state index contributed by atoms with van der Waals surface area (Å²) < 4.78 is 36.2. The van der Waals surface area contributed by atoms with E-state index in [0.717, 1.165) is 16.1 Å². The number of carbonyl (C=O) groups is 1. The maximum Gasteiger partial charge on any atom is 0.246 e. The lowest BCUT2D eigenvalue weighted by atomic mass is 10.2. The van der Waals surface area contributed by atoms with E-state index in [1.54, 1.807) is 43.5 Å². The lowest BCUT2D eigenvalue weighted by molar-refractivity contribution is -0.122. The van der Waals surface area contributed by atoms with Crippen molar-refractivity contribution in [2.45, 2.75) is 26.4 Å². The van der Waals surface area contributed by atoms with Crippen LogP contribution in [0.15, 0.2) is 53.1 Å². The van der Waals surface area contributed by atoms with E-state index in [1.807, 2.05) is 19.1 Å². The molecule has 1 atom stereocenters. The summed E-state index contributed by atoms with van der Waals surface area (Å²) in [5.74, 6) is 0.713. The molecule has 0 saturated carbocycles. The number of sulfonamides is 1. The first-order valence-electron chi connectivity index (χ1n) is 9.50. The molecule has 0 radical (unpaired) electrons. The van der Waals surface area contributed by atoms with E-state index in [2.05, 4.69) is 15.5 Å². The smallest absolute Gasteiger partial charge is 0.246 e. The van der Waals surface area contributed by atoms with Gasteiger partial charge in [0.05, 0.1) is 25.6 Å². The summed E-state index contributed by atoms with van der Waals surface area (Å²) in [5.41, 5.74) is 2.01. The summed E-state index contributed by atoms with van der Waals surface area (Å²) in [6.07, 6.45) is 1.07. The predicted molar refractivity (Wildman–Crippen MR) is 116 cm³/mol. The van der Waals surface area contributed by atoms with Crippen LogP contribution in [0.1, 0.15) is 18.4 Å². The molecule has 0 aliphatic rings. The number of benzene rings is 2. The third-order valence-corrected chi connectivity index (χ3v) is 5.80. The second kappa shape index (κ2) is 9.17. The minimum Gasteiger partial charge on any atom is -0.497 e. The van der Waals surface area contributed by atoms with Gasteiger partial charge < -0.3 is 14.6 Å². The highest BCUT2D eigenvalue weighted by Gasteiger charge is 2.29. The zero-order valence-electron chi connectivity index (χ0n) is 17.7. The molecule has 0 saturated heterocycles. The van der Waals surface area contributed by atoms with Crippen LogP contribution in [0, 0.1) is 6.92 Å². The molecule has 0 fully saturated rings. The maximum absolute atomic E-state index is 12.7. The van der Waals surface area contributed by atoms with E-state index in [1.165, 1.54) is 6.92 Å². The van der Waals surface area contributed by atoms with Crippen molar-refractivity contribution in [3.8, 4) is 17.1 Å². The Morgan fingerprint density at radius 3 is 2.65 bits per heavy atom. The Morgan fingerprint density at radius 2 is 1.97 bits per heavy atom. The first-order chi connectivity index (χ1) is 14.7. The fraction of sp³-hybridized carbons (Fsp3) is 0.286. The third kappa shape index (κ3) is 5.40. The molecule has 31 heavy (non-hydrogen) atoms. The molecule has 164 valence electrons. The van der Waals surface area contributed by atoms with Crippen molar-refractivity contribution in [3.05, 3.63) is 60.0 Å².